The van der Waals surface area contributed by atoms with Crippen molar-refractivity contribution < 1.29 is 4.79 Å². The van der Waals surface area contributed by atoms with Crippen molar-refractivity contribution in [3.8, 4) is 11.3 Å². The van der Waals surface area contributed by atoms with E-state index in [4.69, 9.17) is 0 Å². The minimum absolute atomic E-state index is 0.0804. The molecular formula is C15H11N3O2. The summed E-state index contributed by atoms with van der Waals surface area (Å²) in [5, 5.41) is 2.92. The van der Waals surface area contributed by atoms with Gasteiger partial charge in [0.15, 0.2) is 5.78 Å². The Balaban J connectivity index is 2.32. The highest BCUT2D eigenvalue weighted by Crippen LogP contribution is 2.27. The molecule has 0 spiro atoms. The van der Waals surface area contributed by atoms with Gasteiger partial charge < -0.3 is 0 Å². The number of carbonyl (C=O) groups excluding carboxylic acids is 1. The second-order valence-electron chi connectivity index (χ2n) is 4.44. The van der Waals surface area contributed by atoms with Crippen molar-refractivity contribution in [2.45, 2.75) is 6.92 Å². The van der Waals surface area contributed by atoms with Gasteiger partial charge in [0.2, 0.25) is 0 Å². The van der Waals surface area contributed by atoms with Gasteiger partial charge in [0, 0.05) is 18.7 Å². The zero-order valence-corrected chi connectivity index (χ0v) is 10.8. The van der Waals surface area contributed by atoms with Crippen LogP contribution in [-0.2, 0) is 0 Å². The predicted molar refractivity (Wildman–Crippen MR) is 76.1 cm³/mol. The molecule has 0 atom stereocenters. The number of fused-ring (bicyclic) bond motifs is 1. The van der Waals surface area contributed by atoms with E-state index in [1.54, 1.807) is 28.8 Å². The summed E-state index contributed by atoms with van der Waals surface area (Å²) >= 11 is 0. The molecule has 1 aromatic carbocycles. The number of ketones is 1. The van der Waals surface area contributed by atoms with Gasteiger partial charge in [0.25, 0.3) is 0 Å². The largest absolute Gasteiger partial charge is 0.297 e. The number of carbonyl (C=O) groups is 1. The Morgan fingerprint density at radius 1 is 1.20 bits per heavy atom. The van der Waals surface area contributed by atoms with Crippen LogP contribution in [0.4, 0.5) is 5.69 Å². The van der Waals surface area contributed by atoms with Gasteiger partial charge in [-0.2, -0.15) is 0 Å². The number of Topliss-reactive ketones (excluding diaryl/α,β-unsaturated/α-hetero) is 1. The van der Waals surface area contributed by atoms with Crippen LogP contribution in [0.5, 0.6) is 0 Å². The summed E-state index contributed by atoms with van der Waals surface area (Å²) in [4.78, 5) is 27.0. The van der Waals surface area contributed by atoms with Crippen LogP contribution in [0.15, 0.2) is 53.8 Å². The van der Waals surface area contributed by atoms with E-state index in [-0.39, 0.29) is 5.78 Å². The van der Waals surface area contributed by atoms with Crippen LogP contribution in [-0.4, -0.2) is 15.2 Å². The van der Waals surface area contributed by atoms with E-state index in [1.165, 1.54) is 6.92 Å². The summed E-state index contributed by atoms with van der Waals surface area (Å²) in [6, 6.07) is 12.3. The Kier molecular flexibility index (Phi) is 2.87. The molecule has 5 nitrogen and oxygen atoms in total. The Labute approximate surface area is 114 Å². The number of benzene rings is 1. The lowest BCUT2D eigenvalue weighted by atomic mass is 10.1. The summed E-state index contributed by atoms with van der Waals surface area (Å²) < 4.78 is 1.75. The van der Waals surface area contributed by atoms with Crippen molar-refractivity contribution in [3.63, 3.8) is 0 Å². The molecule has 0 fully saturated rings. The summed E-state index contributed by atoms with van der Waals surface area (Å²) in [6.45, 7) is 1.50. The number of imidazole rings is 1. The molecule has 0 aliphatic carbocycles. The van der Waals surface area contributed by atoms with Crippen molar-refractivity contribution in [2.75, 3.05) is 0 Å². The maximum absolute atomic E-state index is 11.9. The van der Waals surface area contributed by atoms with E-state index >= 15 is 0 Å². The topological polar surface area (TPSA) is 63.8 Å². The fourth-order valence-electron chi connectivity index (χ4n) is 2.24. The number of nitrogens with zero attached hydrogens (tertiary/aromatic N) is 3. The molecule has 2 heterocycles. The van der Waals surface area contributed by atoms with Gasteiger partial charge in [-0.3, -0.25) is 9.20 Å². The number of pyridine rings is 1. The number of nitroso groups, excluding NO2 is 1. The highest BCUT2D eigenvalue weighted by molar-refractivity contribution is 5.99. The molecule has 0 aliphatic heterocycles. The van der Waals surface area contributed by atoms with Gasteiger partial charge in [-0.1, -0.05) is 18.2 Å². The second kappa shape index (κ2) is 4.70. The maximum atomic E-state index is 11.9. The number of aromatic nitrogens is 2. The molecule has 0 unspecified atom stereocenters. The second-order valence-corrected chi connectivity index (χ2v) is 4.44. The highest BCUT2D eigenvalue weighted by atomic mass is 16.3. The van der Waals surface area contributed by atoms with Crippen molar-refractivity contribution in [1.82, 2.24) is 9.38 Å². The molecule has 0 saturated heterocycles. The van der Waals surface area contributed by atoms with E-state index in [0.717, 1.165) is 0 Å². The minimum Gasteiger partial charge on any atom is -0.297 e. The zero-order chi connectivity index (χ0) is 14.1. The Morgan fingerprint density at radius 2 is 2.05 bits per heavy atom. The molecule has 3 aromatic rings. The van der Waals surface area contributed by atoms with Gasteiger partial charge in [0.1, 0.15) is 22.7 Å². The standard InChI is InChI=1S/C15H11N3O2/c1-10(19)15-14(11-5-4-6-12(9-11)17-20)16-13-7-2-3-8-18(13)15/h2-9H,1H3. The molecule has 0 amide bonds. The third-order valence-corrected chi connectivity index (χ3v) is 3.09. The van der Waals surface area contributed by atoms with E-state index in [9.17, 15) is 9.70 Å². The Hall–Kier alpha value is -2.82. The zero-order valence-electron chi connectivity index (χ0n) is 10.8. The lowest BCUT2D eigenvalue weighted by molar-refractivity contribution is 0.101. The van der Waals surface area contributed by atoms with Gasteiger partial charge in [-0.15, -0.1) is 4.91 Å². The fraction of sp³-hybridized carbons (Fsp3) is 0.0667. The molecule has 2 aromatic heterocycles. The lowest BCUT2D eigenvalue weighted by Crippen LogP contribution is -2.00. The third-order valence-electron chi connectivity index (χ3n) is 3.09. The van der Waals surface area contributed by atoms with E-state index in [0.29, 0.717) is 28.3 Å². The summed E-state index contributed by atoms with van der Waals surface area (Å²) in [6.07, 6.45) is 1.80. The van der Waals surface area contributed by atoms with E-state index < -0.39 is 0 Å². The van der Waals surface area contributed by atoms with Crippen LogP contribution in [0, 0.1) is 4.91 Å². The smallest absolute Gasteiger partial charge is 0.178 e. The van der Waals surface area contributed by atoms with Crippen LogP contribution in [0.25, 0.3) is 16.9 Å². The molecule has 5 heteroatoms. The first-order chi connectivity index (χ1) is 9.70. The summed E-state index contributed by atoms with van der Waals surface area (Å²) in [5.41, 5.74) is 2.78. The number of hydrogen-bond donors (Lipinski definition) is 0. The van der Waals surface area contributed by atoms with Crippen LogP contribution in [0.3, 0.4) is 0 Å². The van der Waals surface area contributed by atoms with Crippen LogP contribution >= 0.6 is 0 Å². The Morgan fingerprint density at radius 3 is 2.80 bits per heavy atom. The molecule has 3 rings (SSSR count). The monoisotopic (exact) mass is 265 g/mol. The first-order valence-corrected chi connectivity index (χ1v) is 6.12. The van der Waals surface area contributed by atoms with Crippen molar-refractivity contribution in [2.24, 2.45) is 5.18 Å². The SMILES string of the molecule is CC(=O)c1c(-c2cccc(N=O)c2)nc2ccccn12. The molecule has 0 aliphatic rings. The molecule has 20 heavy (non-hydrogen) atoms. The van der Waals surface area contributed by atoms with Crippen LogP contribution in [0.1, 0.15) is 17.4 Å². The summed E-state index contributed by atoms with van der Waals surface area (Å²) in [7, 11) is 0. The van der Waals surface area contributed by atoms with Gasteiger partial charge in [-0.05, 0) is 29.4 Å². The molecule has 98 valence electrons. The van der Waals surface area contributed by atoms with E-state index in [2.05, 4.69) is 10.2 Å². The van der Waals surface area contributed by atoms with Gasteiger partial charge in [0.05, 0.1) is 0 Å². The molecular weight excluding hydrogens is 254 g/mol. The van der Waals surface area contributed by atoms with Crippen molar-refractivity contribution in [1.29, 1.82) is 0 Å². The maximum Gasteiger partial charge on any atom is 0.178 e. The van der Waals surface area contributed by atoms with E-state index in [1.807, 2.05) is 24.3 Å². The first-order valence-electron chi connectivity index (χ1n) is 6.12. The Bertz CT molecular complexity index is 821. The normalized spacial score (nSPS) is 10.7. The van der Waals surface area contributed by atoms with Crippen molar-refractivity contribution in [3.05, 3.63) is 59.3 Å². The van der Waals surface area contributed by atoms with Gasteiger partial charge >= 0.3 is 0 Å². The first kappa shape index (κ1) is 12.2. The molecule has 0 radical (unpaired) electrons. The molecule has 0 bridgehead atoms. The molecule has 0 saturated carbocycles. The average Bonchev–Trinajstić information content (AvgIpc) is 2.87. The minimum atomic E-state index is -0.0804. The number of hydrogen-bond acceptors (Lipinski definition) is 4. The average molecular weight is 265 g/mol. The number of rotatable bonds is 3. The van der Waals surface area contributed by atoms with Gasteiger partial charge in [-0.25, -0.2) is 4.98 Å². The highest BCUT2D eigenvalue weighted by Gasteiger charge is 2.17. The van der Waals surface area contributed by atoms with Crippen LogP contribution in [0.2, 0.25) is 0 Å². The third kappa shape index (κ3) is 1.89. The predicted octanol–water partition coefficient (Wildman–Crippen LogP) is 3.60. The fourth-order valence-corrected chi connectivity index (χ4v) is 2.24. The quantitative estimate of drug-likeness (QED) is 0.537. The summed E-state index contributed by atoms with van der Waals surface area (Å²) in [5.74, 6) is -0.0804. The molecule has 0 N–H and O–H groups in total. The van der Waals surface area contributed by atoms with Crippen molar-refractivity contribution >= 4 is 17.1 Å². The van der Waals surface area contributed by atoms with Crippen LogP contribution < -0.4 is 0 Å². The lowest BCUT2D eigenvalue weighted by Gasteiger charge is -2.01.